The maximum Gasteiger partial charge on any atom is 0.408 e. The SMILES string of the molecule is COc1cc(C(C=O)NC(=O)OC(C)(C)C)cc(Cl)c1OC. The van der Waals surface area contributed by atoms with Gasteiger partial charge < -0.3 is 24.3 Å². The zero-order chi connectivity index (χ0) is 16.9. The number of carbonyl (C=O) groups excluding carboxylic acids is 2. The van der Waals surface area contributed by atoms with Crippen LogP contribution in [0.2, 0.25) is 5.02 Å². The van der Waals surface area contributed by atoms with Gasteiger partial charge >= 0.3 is 6.09 Å². The van der Waals surface area contributed by atoms with Crippen LogP contribution in [0.1, 0.15) is 32.4 Å². The van der Waals surface area contributed by atoms with Crippen LogP contribution in [0.25, 0.3) is 0 Å². The van der Waals surface area contributed by atoms with Gasteiger partial charge in [0, 0.05) is 0 Å². The molecule has 0 aliphatic carbocycles. The lowest BCUT2D eigenvalue weighted by Gasteiger charge is -2.22. The molecule has 0 aromatic heterocycles. The van der Waals surface area contributed by atoms with Gasteiger partial charge in [-0.25, -0.2) is 4.79 Å². The summed E-state index contributed by atoms with van der Waals surface area (Å²) in [5.41, 5.74) is -0.198. The smallest absolute Gasteiger partial charge is 0.408 e. The number of halogens is 1. The first-order valence-corrected chi connectivity index (χ1v) is 6.96. The van der Waals surface area contributed by atoms with E-state index in [-0.39, 0.29) is 5.02 Å². The van der Waals surface area contributed by atoms with Gasteiger partial charge in [0.2, 0.25) is 0 Å². The lowest BCUT2D eigenvalue weighted by atomic mass is 10.1. The Morgan fingerprint density at radius 3 is 2.36 bits per heavy atom. The summed E-state index contributed by atoms with van der Waals surface area (Å²) >= 11 is 6.09. The minimum atomic E-state index is -0.910. The first-order chi connectivity index (χ1) is 10.2. The van der Waals surface area contributed by atoms with E-state index in [9.17, 15) is 9.59 Å². The van der Waals surface area contributed by atoms with Crippen molar-refractivity contribution >= 4 is 24.0 Å². The molecule has 122 valence electrons. The van der Waals surface area contributed by atoms with Crippen LogP contribution in [0, 0.1) is 0 Å². The Balaban J connectivity index is 3.03. The third-order valence-electron chi connectivity index (χ3n) is 2.62. The summed E-state index contributed by atoms with van der Waals surface area (Å²) in [6.07, 6.45) is -0.114. The summed E-state index contributed by atoms with van der Waals surface area (Å²) in [6.45, 7) is 5.20. The molecule has 0 saturated carbocycles. The Morgan fingerprint density at radius 1 is 1.27 bits per heavy atom. The molecule has 0 radical (unpaired) electrons. The Bertz CT molecular complexity index is 554. The van der Waals surface area contributed by atoms with Crippen LogP contribution >= 0.6 is 11.6 Å². The Kier molecular flexibility index (Phi) is 6.05. The van der Waals surface area contributed by atoms with E-state index in [1.165, 1.54) is 20.3 Å². The van der Waals surface area contributed by atoms with Crippen molar-refractivity contribution in [3.8, 4) is 11.5 Å². The molecule has 1 aromatic carbocycles. The maximum atomic E-state index is 11.8. The predicted octanol–water partition coefficient (Wildman–Crippen LogP) is 3.12. The third-order valence-corrected chi connectivity index (χ3v) is 2.90. The van der Waals surface area contributed by atoms with Crippen molar-refractivity contribution in [3.05, 3.63) is 22.7 Å². The summed E-state index contributed by atoms with van der Waals surface area (Å²) in [5, 5.41) is 2.74. The van der Waals surface area contributed by atoms with E-state index < -0.39 is 17.7 Å². The first kappa shape index (κ1) is 18.1. The van der Waals surface area contributed by atoms with Gasteiger partial charge in [0.15, 0.2) is 11.5 Å². The van der Waals surface area contributed by atoms with Crippen LogP contribution in [0.4, 0.5) is 4.79 Å². The molecule has 0 aliphatic rings. The van der Waals surface area contributed by atoms with E-state index in [1.807, 2.05) is 0 Å². The van der Waals surface area contributed by atoms with Crippen LogP contribution < -0.4 is 14.8 Å². The molecule has 0 saturated heterocycles. The number of amides is 1. The lowest BCUT2D eigenvalue weighted by molar-refractivity contribution is -0.109. The zero-order valence-corrected chi connectivity index (χ0v) is 14.0. The molecule has 1 aromatic rings. The minimum Gasteiger partial charge on any atom is -0.493 e. The molecule has 1 rings (SSSR count). The van der Waals surface area contributed by atoms with Crippen LogP contribution in [-0.4, -0.2) is 32.2 Å². The fraction of sp³-hybridized carbons (Fsp3) is 0.467. The molecule has 7 heteroatoms. The second-order valence-corrected chi connectivity index (χ2v) is 5.91. The summed E-state index contributed by atoms with van der Waals surface area (Å²) < 4.78 is 15.4. The number of nitrogens with one attached hydrogen (secondary N) is 1. The number of hydrogen-bond acceptors (Lipinski definition) is 5. The zero-order valence-electron chi connectivity index (χ0n) is 13.2. The fourth-order valence-electron chi connectivity index (χ4n) is 1.75. The minimum absolute atomic E-state index is 0.273. The highest BCUT2D eigenvalue weighted by atomic mass is 35.5. The fourth-order valence-corrected chi connectivity index (χ4v) is 2.04. The molecule has 1 N–H and O–H groups in total. The maximum absolute atomic E-state index is 11.8. The standard InChI is InChI=1S/C15H20ClNO5/c1-15(2,3)22-14(19)17-11(8-18)9-6-10(16)13(21-5)12(7-9)20-4/h6-8,11H,1-5H3,(H,17,19). The number of methoxy groups -OCH3 is 2. The van der Waals surface area contributed by atoms with Crippen molar-refractivity contribution in [3.63, 3.8) is 0 Å². The highest BCUT2D eigenvalue weighted by molar-refractivity contribution is 6.32. The van der Waals surface area contributed by atoms with Crippen molar-refractivity contribution in [2.45, 2.75) is 32.4 Å². The summed E-state index contributed by atoms with van der Waals surface area (Å²) in [4.78, 5) is 23.1. The largest absolute Gasteiger partial charge is 0.493 e. The number of hydrogen-bond donors (Lipinski definition) is 1. The van der Waals surface area contributed by atoms with Crippen LogP contribution in [0.5, 0.6) is 11.5 Å². The monoisotopic (exact) mass is 329 g/mol. The molecule has 1 amide bonds. The van der Waals surface area contributed by atoms with Gasteiger partial charge in [-0.3, -0.25) is 0 Å². The van der Waals surface area contributed by atoms with Crippen molar-refractivity contribution in [2.24, 2.45) is 0 Å². The van der Waals surface area contributed by atoms with Crippen molar-refractivity contribution < 1.29 is 23.8 Å². The quantitative estimate of drug-likeness (QED) is 0.840. The molecular formula is C15H20ClNO5. The number of benzene rings is 1. The van der Waals surface area contributed by atoms with E-state index in [1.54, 1.807) is 26.8 Å². The molecule has 0 bridgehead atoms. The molecule has 0 aliphatic heterocycles. The van der Waals surface area contributed by atoms with E-state index in [4.69, 9.17) is 25.8 Å². The molecule has 0 spiro atoms. The Hall–Kier alpha value is -1.95. The number of rotatable bonds is 5. The molecule has 1 atom stereocenters. The topological polar surface area (TPSA) is 73.9 Å². The molecule has 6 nitrogen and oxygen atoms in total. The van der Waals surface area contributed by atoms with Crippen LogP contribution in [-0.2, 0) is 9.53 Å². The third kappa shape index (κ3) is 4.80. The second-order valence-electron chi connectivity index (χ2n) is 5.50. The first-order valence-electron chi connectivity index (χ1n) is 6.58. The average Bonchev–Trinajstić information content (AvgIpc) is 2.41. The van der Waals surface area contributed by atoms with Crippen molar-refractivity contribution in [2.75, 3.05) is 14.2 Å². The molecule has 22 heavy (non-hydrogen) atoms. The van der Waals surface area contributed by atoms with Crippen molar-refractivity contribution in [1.82, 2.24) is 5.32 Å². The van der Waals surface area contributed by atoms with Gasteiger partial charge in [0.1, 0.15) is 17.9 Å². The van der Waals surface area contributed by atoms with Gasteiger partial charge in [0.05, 0.1) is 19.2 Å². The lowest BCUT2D eigenvalue weighted by Crippen LogP contribution is -2.35. The number of aldehydes is 1. The number of carbonyl (C=O) groups is 2. The number of alkyl carbamates (subject to hydrolysis) is 1. The van der Waals surface area contributed by atoms with Gasteiger partial charge in [-0.05, 0) is 38.5 Å². The van der Waals surface area contributed by atoms with E-state index >= 15 is 0 Å². The molecule has 1 unspecified atom stereocenters. The Morgan fingerprint density at radius 2 is 1.91 bits per heavy atom. The Labute approximate surface area is 134 Å². The van der Waals surface area contributed by atoms with Gasteiger partial charge in [-0.15, -0.1) is 0 Å². The molecular weight excluding hydrogens is 310 g/mol. The highest BCUT2D eigenvalue weighted by Crippen LogP contribution is 2.37. The number of ether oxygens (including phenoxy) is 3. The summed E-state index contributed by atoms with van der Waals surface area (Å²) in [5.74, 6) is 0.720. The van der Waals surface area contributed by atoms with E-state index in [0.717, 1.165) is 0 Å². The van der Waals surface area contributed by atoms with Gasteiger partial charge in [0.25, 0.3) is 0 Å². The summed E-state index contributed by atoms with van der Waals surface area (Å²) in [6, 6.07) is 2.19. The highest BCUT2D eigenvalue weighted by Gasteiger charge is 2.22. The van der Waals surface area contributed by atoms with Crippen molar-refractivity contribution in [1.29, 1.82) is 0 Å². The van der Waals surface area contributed by atoms with Crippen LogP contribution in [0.15, 0.2) is 12.1 Å². The van der Waals surface area contributed by atoms with E-state index in [0.29, 0.717) is 23.3 Å². The molecule has 0 fully saturated rings. The van der Waals surface area contributed by atoms with Crippen LogP contribution in [0.3, 0.4) is 0 Å². The second kappa shape index (κ2) is 7.35. The van der Waals surface area contributed by atoms with E-state index in [2.05, 4.69) is 5.32 Å². The average molecular weight is 330 g/mol. The summed E-state index contributed by atoms with van der Waals surface area (Å²) in [7, 11) is 2.91. The normalized spacial score (nSPS) is 12.3. The molecule has 0 heterocycles. The van der Waals surface area contributed by atoms with Gasteiger partial charge in [-0.1, -0.05) is 11.6 Å². The predicted molar refractivity (Wildman–Crippen MR) is 82.7 cm³/mol. The van der Waals surface area contributed by atoms with Gasteiger partial charge in [-0.2, -0.15) is 0 Å².